The summed E-state index contributed by atoms with van der Waals surface area (Å²) in [5.74, 6) is 1.92. The Balaban J connectivity index is 1.49. The molecule has 3 aliphatic rings. The second-order valence-corrected chi connectivity index (χ2v) is 8.70. The highest BCUT2D eigenvalue weighted by atomic mass is 16.5. The van der Waals surface area contributed by atoms with E-state index in [0.29, 0.717) is 5.41 Å². The van der Waals surface area contributed by atoms with E-state index in [4.69, 9.17) is 9.73 Å². The topological polar surface area (TPSA) is 40.1 Å². The molecule has 26 heavy (non-hydrogen) atoms. The number of likely N-dealkylation sites (tertiary alicyclic amines) is 2. The van der Waals surface area contributed by atoms with E-state index in [-0.39, 0.29) is 0 Å². The number of nitrogens with zero attached hydrogens (tertiary/aromatic N) is 3. The van der Waals surface area contributed by atoms with Crippen molar-refractivity contribution in [1.29, 1.82) is 0 Å². The molecule has 1 saturated carbocycles. The molecule has 3 rings (SSSR count). The van der Waals surface area contributed by atoms with Gasteiger partial charge in [-0.2, -0.15) is 0 Å². The van der Waals surface area contributed by atoms with Gasteiger partial charge in [0.1, 0.15) is 0 Å². The van der Waals surface area contributed by atoms with E-state index in [9.17, 15) is 0 Å². The summed E-state index contributed by atoms with van der Waals surface area (Å²) in [6.45, 7) is 10.9. The minimum absolute atomic E-state index is 0.598. The average Bonchev–Trinajstić information content (AvgIpc) is 3.08. The number of rotatable bonds is 6. The van der Waals surface area contributed by atoms with E-state index < -0.39 is 0 Å². The molecule has 0 aromatic carbocycles. The van der Waals surface area contributed by atoms with Gasteiger partial charge >= 0.3 is 0 Å². The van der Waals surface area contributed by atoms with Crippen molar-refractivity contribution >= 4 is 5.96 Å². The molecule has 0 radical (unpaired) electrons. The molecule has 2 aliphatic heterocycles. The second-order valence-electron chi connectivity index (χ2n) is 8.70. The Morgan fingerprint density at radius 2 is 1.88 bits per heavy atom. The molecule has 3 fully saturated rings. The number of hydrogen-bond donors (Lipinski definition) is 1. The number of hydrogen-bond acceptors (Lipinski definition) is 3. The quantitative estimate of drug-likeness (QED) is 0.581. The van der Waals surface area contributed by atoms with E-state index in [1.165, 1.54) is 83.5 Å². The maximum atomic E-state index is 5.20. The van der Waals surface area contributed by atoms with Gasteiger partial charge in [-0.15, -0.1) is 0 Å². The lowest BCUT2D eigenvalue weighted by Crippen LogP contribution is -2.42. The Morgan fingerprint density at radius 3 is 2.58 bits per heavy atom. The first-order valence-corrected chi connectivity index (χ1v) is 11.0. The molecule has 2 heterocycles. The molecule has 1 spiro atoms. The summed E-state index contributed by atoms with van der Waals surface area (Å²) in [6.07, 6.45) is 11.1. The Morgan fingerprint density at radius 1 is 1.12 bits per heavy atom. The van der Waals surface area contributed by atoms with Crippen LogP contribution < -0.4 is 5.32 Å². The minimum atomic E-state index is 0.598. The minimum Gasteiger partial charge on any atom is -0.383 e. The van der Waals surface area contributed by atoms with E-state index in [2.05, 4.69) is 22.0 Å². The van der Waals surface area contributed by atoms with Crippen LogP contribution in [0.1, 0.15) is 58.3 Å². The van der Waals surface area contributed by atoms with Crippen LogP contribution in [0.4, 0.5) is 0 Å². The molecule has 5 nitrogen and oxygen atoms in total. The third-order valence-electron chi connectivity index (χ3n) is 6.81. The predicted molar refractivity (Wildman–Crippen MR) is 109 cm³/mol. The fraction of sp³-hybridized carbons (Fsp3) is 0.952. The third kappa shape index (κ3) is 5.35. The Labute approximate surface area is 160 Å². The number of guanidine groups is 1. The predicted octanol–water partition coefficient (Wildman–Crippen LogP) is 2.97. The van der Waals surface area contributed by atoms with Crippen LogP contribution in [-0.4, -0.2) is 75.3 Å². The van der Waals surface area contributed by atoms with Crippen LogP contribution >= 0.6 is 0 Å². The van der Waals surface area contributed by atoms with Crippen LogP contribution in [0, 0.1) is 11.3 Å². The Bertz CT molecular complexity index is 439. The van der Waals surface area contributed by atoms with Crippen LogP contribution in [0.15, 0.2) is 4.99 Å². The molecule has 0 aromatic rings. The highest BCUT2D eigenvalue weighted by Gasteiger charge is 2.39. The van der Waals surface area contributed by atoms with Gasteiger partial charge in [0.25, 0.3) is 0 Å². The van der Waals surface area contributed by atoms with Gasteiger partial charge in [-0.05, 0) is 63.5 Å². The van der Waals surface area contributed by atoms with Gasteiger partial charge in [0, 0.05) is 39.8 Å². The normalized spacial score (nSPS) is 25.2. The van der Waals surface area contributed by atoms with Crippen molar-refractivity contribution in [1.82, 2.24) is 15.1 Å². The first kappa shape index (κ1) is 19.9. The van der Waals surface area contributed by atoms with Crippen molar-refractivity contribution in [2.45, 2.75) is 58.3 Å². The number of methoxy groups -OCH3 is 1. The first-order chi connectivity index (χ1) is 12.7. The molecule has 5 heteroatoms. The Hall–Kier alpha value is -0.810. The molecule has 0 aromatic heterocycles. The van der Waals surface area contributed by atoms with Crippen molar-refractivity contribution in [2.24, 2.45) is 16.3 Å². The largest absolute Gasteiger partial charge is 0.383 e. The van der Waals surface area contributed by atoms with Crippen molar-refractivity contribution in [2.75, 3.05) is 59.5 Å². The zero-order valence-corrected chi connectivity index (χ0v) is 17.1. The lowest BCUT2D eigenvalue weighted by Gasteiger charge is -2.34. The molecule has 1 N–H and O–H groups in total. The van der Waals surface area contributed by atoms with Crippen LogP contribution in [-0.2, 0) is 4.74 Å². The smallest absolute Gasteiger partial charge is 0.193 e. The maximum Gasteiger partial charge on any atom is 0.193 e. The number of nitrogens with one attached hydrogen (secondary N) is 1. The van der Waals surface area contributed by atoms with Gasteiger partial charge in [0.2, 0.25) is 0 Å². The molecule has 0 amide bonds. The zero-order valence-electron chi connectivity index (χ0n) is 17.1. The van der Waals surface area contributed by atoms with Gasteiger partial charge in [-0.3, -0.25) is 4.99 Å². The summed E-state index contributed by atoms with van der Waals surface area (Å²) in [5.41, 5.74) is 0.598. The van der Waals surface area contributed by atoms with Crippen LogP contribution in [0.2, 0.25) is 0 Å². The van der Waals surface area contributed by atoms with E-state index in [0.717, 1.165) is 32.2 Å². The SMILES string of the molecule is CCNC(=NCC1CCN(CCOC)CC1)N1CCC2(CCCCC2)C1. The van der Waals surface area contributed by atoms with Gasteiger partial charge in [0.05, 0.1) is 6.61 Å². The first-order valence-electron chi connectivity index (χ1n) is 11.0. The summed E-state index contributed by atoms with van der Waals surface area (Å²) >= 11 is 0. The van der Waals surface area contributed by atoms with Crippen molar-refractivity contribution < 1.29 is 4.74 Å². The third-order valence-corrected chi connectivity index (χ3v) is 6.81. The molecule has 0 bridgehead atoms. The van der Waals surface area contributed by atoms with Crippen molar-refractivity contribution in [3.8, 4) is 0 Å². The molecule has 2 saturated heterocycles. The molecule has 150 valence electrons. The fourth-order valence-electron chi connectivity index (χ4n) is 5.08. The highest BCUT2D eigenvalue weighted by Crippen LogP contribution is 2.43. The second kappa shape index (κ2) is 9.93. The van der Waals surface area contributed by atoms with Gasteiger partial charge < -0.3 is 19.9 Å². The van der Waals surface area contributed by atoms with Gasteiger partial charge in [0.15, 0.2) is 5.96 Å². The average molecular weight is 365 g/mol. The van der Waals surface area contributed by atoms with Gasteiger partial charge in [-0.1, -0.05) is 19.3 Å². The monoisotopic (exact) mass is 364 g/mol. The molecular weight excluding hydrogens is 324 g/mol. The zero-order chi connectivity index (χ0) is 18.2. The number of ether oxygens (including phenoxy) is 1. The van der Waals surface area contributed by atoms with Crippen LogP contribution in [0.25, 0.3) is 0 Å². The highest BCUT2D eigenvalue weighted by molar-refractivity contribution is 5.80. The Kier molecular flexibility index (Phi) is 7.62. The van der Waals surface area contributed by atoms with Gasteiger partial charge in [-0.25, -0.2) is 0 Å². The van der Waals surface area contributed by atoms with E-state index in [1.54, 1.807) is 7.11 Å². The lowest BCUT2D eigenvalue weighted by molar-refractivity contribution is 0.121. The lowest BCUT2D eigenvalue weighted by atomic mass is 9.73. The van der Waals surface area contributed by atoms with E-state index in [1.807, 2.05) is 0 Å². The fourth-order valence-corrected chi connectivity index (χ4v) is 5.08. The summed E-state index contributed by atoms with van der Waals surface area (Å²) in [5, 5.41) is 3.57. The molecule has 0 atom stereocenters. The van der Waals surface area contributed by atoms with Crippen LogP contribution in [0.5, 0.6) is 0 Å². The van der Waals surface area contributed by atoms with Crippen LogP contribution in [0.3, 0.4) is 0 Å². The van der Waals surface area contributed by atoms with E-state index >= 15 is 0 Å². The maximum absolute atomic E-state index is 5.20. The number of aliphatic imine (C=N–C) groups is 1. The van der Waals surface area contributed by atoms with Crippen molar-refractivity contribution in [3.05, 3.63) is 0 Å². The molecule has 0 unspecified atom stereocenters. The van der Waals surface area contributed by atoms with Crippen molar-refractivity contribution in [3.63, 3.8) is 0 Å². The summed E-state index contributed by atoms with van der Waals surface area (Å²) in [4.78, 5) is 10.2. The summed E-state index contributed by atoms with van der Waals surface area (Å²) < 4.78 is 5.20. The standard InChI is InChI=1S/C21H40N4O/c1-3-22-20(25-14-11-21(18-25)9-5-4-6-10-21)23-17-19-7-12-24(13-8-19)15-16-26-2/h19H,3-18H2,1-2H3,(H,22,23). The molecular formula is C21H40N4O. The summed E-state index contributed by atoms with van der Waals surface area (Å²) in [7, 11) is 1.79. The molecule has 1 aliphatic carbocycles. The summed E-state index contributed by atoms with van der Waals surface area (Å²) in [6, 6.07) is 0. The number of piperidine rings is 1.